The molecule has 24 heavy (non-hydrogen) atoms. The number of aryl methyl sites for hydroxylation is 1. The summed E-state index contributed by atoms with van der Waals surface area (Å²) in [7, 11) is -3.51. The van der Waals surface area contributed by atoms with Crippen LogP contribution >= 0.6 is 15.9 Å². The molecule has 0 amide bonds. The van der Waals surface area contributed by atoms with Crippen molar-refractivity contribution < 1.29 is 13.2 Å². The van der Waals surface area contributed by atoms with Crippen LogP contribution in [-0.4, -0.2) is 49.0 Å². The summed E-state index contributed by atoms with van der Waals surface area (Å²) in [6, 6.07) is 5.00. The van der Waals surface area contributed by atoms with Crippen LogP contribution in [0.3, 0.4) is 0 Å². The Bertz CT molecular complexity index is 867. The fourth-order valence-corrected chi connectivity index (χ4v) is 4.31. The van der Waals surface area contributed by atoms with Crippen molar-refractivity contribution in [3.63, 3.8) is 0 Å². The molecule has 1 fully saturated rings. The van der Waals surface area contributed by atoms with E-state index in [0.29, 0.717) is 42.4 Å². The number of sulfonamides is 1. The third-order valence-electron chi connectivity index (χ3n) is 3.84. The van der Waals surface area contributed by atoms with E-state index in [1.165, 1.54) is 4.31 Å². The van der Waals surface area contributed by atoms with Gasteiger partial charge in [0.2, 0.25) is 10.0 Å². The number of halogens is 1. The Hall–Kier alpha value is -1.55. The molecule has 1 aromatic carbocycles. The third kappa shape index (κ3) is 3.30. The topological polar surface area (TPSA) is 98.4 Å². The van der Waals surface area contributed by atoms with E-state index in [4.69, 9.17) is 10.5 Å². The van der Waals surface area contributed by atoms with Gasteiger partial charge in [0, 0.05) is 18.7 Å². The van der Waals surface area contributed by atoms with E-state index in [1.54, 1.807) is 24.4 Å². The molecule has 0 spiro atoms. The highest BCUT2D eigenvalue weighted by Gasteiger charge is 2.26. The number of hydrogen-bond donors (Lipinski definition) is 1. The number of nitrogens with zero attached hydrogens (tertiary/aromatic N) is 3. The van der Waals surface area contributed by atoms with Crippen LogP contribution in [0, 0.1) is 6.92 Å². The average molecular weight is 413 g/mol. The lowest BCUT2D eigenvalue weighted by atomic mass is 10.1. The van der Waals surface area contributed by atoms with Crippen molar-refractivity contribution in [2.45, 2.75) is 11.8 Å². The van der Waals surface area contributed by atoms with E-state index < -0.39 is 10.0 Å². The molecule has 0 saturated carbocycles. The molecule has 9 heteroatoms. The standard InChI is InChI=1S/C15H17BrN4O3S/c1-10-8-11(24(21,22)20-4-6-23-7-5-20)2-3-12(10)13-9-18-15(17)14(16)19-13/h2-3,8-9H,4-7H2,1H3,(H2,17,18). The van der Waals surface area contributed by atoms with Crippen LogP contribution in [-0.2, 0) is 14.8 Å². The van der Waals surface area contributed by atoms with Crippen LogP contribution in [0.2, 0.25) is 0 Å². The van der Waals surface area contributed by atoms with Crippen LogP contribution in [0.1, 0.15) is 5.56 Å². The Balaban J connectivity index is 1.96. The Morgan fingerprint density at radius 3 is 2.62 bits per heavy atom. The molecule has 0 unspecified atom stereocenters. The van der Waals surface area contributed by atoms with E-state index in [9.17, 15) is 8.42 Å². The summed E-state index contributed by atoms with van der Waals surface area (Å²) in [6.07, 6.45) is 1.57. The number of hydrogen-bond acceptors (Lipinski definition) is 6. The largest absolute Gasteiger partial charge is 0.381 e. The summed E-state index contributed by atoms with van der Waals surface area (Å²) in [5.41, 5.74) is 7.89. The van der Waals surface area contributed by atoms with E-state index >= 15 is 0 Å². The Labute approximate surface area is 149 Å². The molecular weight excluding hydrogens is 396 g/mol. The van der Waals surface area contributed by atoms with Gasteiger partial charge in [0.05, 0.1) is 30.0 Å². The molecule has 1 aliphatic rings. The van der Waals surface area contributed by atoms with Crippen molar-refractivity contribution in [1.29, 1.82) is 0 Å². The second-order valence-corrected chi connectivity index (χ2v) is 8.11. The maximum Gasteiger partial charge on any atom is 0.243 e. The molecule has 0 radical (unpaired) electrons. The second-order valence-electron chi connectivity index (χ2n) is 5.42. The van der Waals surface area contributed by atoms with Crippen molar-refractivity contribution in [3.05, 3.63) is 34.6 Å². The molecule has 0 aliphatic carbocycles. The van der Waals surface area contributed by atoms with Crippen molar-refractivity contribution >= 4 is 31.8 Å². The third-order valence-corrected chi connectivity index (χ3v) is 6.32. The average Bonchev–Trinajstić information content (AvgIpc) is 2.58. The highest BCUT2D eigenvalue weighted by atomic mass is 79.9. The number of anilines is 1. The summed E-state index contributed by atoms with van der Waals surface area (Å²) in [4.78, 5) is 8.68. The van der Waals surface area contributed by atoms with Crippen molar-refractivity contribution in [2.75, 3.05) is 32.0 Å². The van der Waals surface area contributed by atoms with Crippen molar-refractivity contribution in [1.82, 2.24) is 14.3 Å². The van der Waals surface area contributed by atoms with E-state index in [-0.39, 0.29) is 4.90 Å². The minimum absolute atomic E-state index is 0.271. The number of morpholine rings is 1. The van der Waals surface area contributed by atoms with Crippen LogP contribution in [0.25, 0.3) is 11.3 Å². The maximum absolute atomic E-state index is 12.7. The van der Waals surface area contributed by atoms with Gasteiger partial charge in [-0.3, -0.25) is 0 Å². The highest BCUT2D eigenvalue weighted by Crippen LogP contribution is 2.27. The SMILES string of the molecule is Cc1cc(S(=O)(=O)N2CCOCC2)ccc1-c1cnc(N)c(Br)n1. The molecule has 2 heterocycles. The lowest BCUT2D eigenvalue weighted by molar-refractivity contribution is 0.0730. The van der Waals surface area contributed by atoms with E-state index in [2.05, 4.69) is 25.9 Å². The Kier molecular flexibility index (Phi) is 4.86. The smallest absolute Gasteiger partial charge is 0.243 e. The summed E-state index contributed by atoms with van der Waals surface area (Å²) in [6.45, 7) is 3.44. The molecular formula is C15H17BrN4O3S. The fourth-order valence-electron chi connectivity index (χ4n) is 2.53. The zero-order chi connectivity index (χ0) is 17.3. The predicted molar refractivity (Wildman–Crippen MR) is 93.9 cm³/mol. The molecule has 1 aliphatic heterocycles. The molecule has 0 atom stereocenters. The van der Waals surface area contributed by atoms with Gasteiger partial charge in [-0.15, -0.1) is 0 Å². The summed E-state index contributed by atoms with van der Waals surface area (Å²) < 4.78 is 32.5. The first-order valence-corrected chi connectivity index (χ1v) is 9.60. The number of ether oxygens (including phenoxy) is 1. The number of nitrogen functional groups attached to an aromatic ring is 1. The summed E-state index contributed by atoms with van der Waals surface area (Å²) in [5, 5.41) is 0. The van der Waals surface area contributed by atoms with E-state index in [0.717, 1.165) is 11.1 Å². The Morgan fingerprint density at radius 1 is 1.29 bits per heavy atom. The zero-order valence-electron chi connectivity index (χ0n) is 13.1. The van der Waals surface area contributed by atoms with Gasteiger partial charge in [-0.1, -0.05) is 6.07 Å². The highest BCUT2D eigenvalue weighted by molar-refractivity contribution is 9.10. The Morgan fingerprint density at radius 2 is 2.00 bits per heavy atom. The lowest BCUT2D eigenvalue weighted by Gasteiger charge is -2.26. The molecule has 7 nitrogen and oxygen atoms in total. The quantitative estimate of drug-likeness (QED) is 0.825. The predicted octanol–water partition coefficient (Wildman–Crippen LogP) is 1.82. The monoisotopic (exact) mass is 412 g/mol. The number of benzene rings is 1. The minimum atomic E-state index is -3.51. The maximum atomic E-state index is 12.7. The van der Waals surface area contributed by atoms with Gasteiger partial charge < -0.3 is 10.5 Å². The minimum Gasteiger partial charge on any atom is -0.381 e. The molecule has 0 bridgehead atoms. The molecule has 2 N–H and O–H groups in total. The lowest BCUT2D eigenvalue weighted by Crippen LogP contribution is -2.40. The zero-order valence-corrected chi connectivity index (χ0v) is 15.5. The van der Waals surface area contributed by atoms with Crippen LogP contribution in [0.15, 0.2) is 33.9 Å². The normalized spacial score (nSPS) is 16.2. The fraction of sp³-hybridized carbons (Fsp3) is 0.333. The van der Waals surface area contributed by atoms with Crippen molar-refractivity contribution in [2.24, 2.45) is 0 Å². The van der Waals surface area contributed by atoms with Gasteiger partial charge in [-0.25, -0.2) is 18.4 Å². The van der Waals surface area contributed by atoms with Gasteiger partial charge in [0.15, 0.2) is 5.82 Å². The van der Waals surface area contributed by atoms with Gasteiger partial charge in [-0.2, -0.15) is 4.31 Å². The number of rotatable bonds is 3. The van der Waals surface area contributed by atoms with Crippen LogP contribution in [0.5, 0.6) is 0 Å². The van der Waals surface area contributed by atoms with Gasteiger partial charge >= 0.3 is 0 Å². The number of aromatic nitrogens is 2. The van der Waals surface area contributed by atoms with Gasteiger partial charge in [0.1, 0.15) is 4.60 Å². The van der Waals surface area contributed by atoms with E-state index in [1.807, 2.05) is 6.92 Å². The molecule has 128 valence electrons. The van der Waals surface area contributed by atoms with Crippen molar-refractivity contribution in [3.8, 4) is 11.3 Å². The summed E-state index contributed by atoms with van der Waals surface area (Å²) in [5.74, 6) is 0.308. The van der Waals surface area contributed by atoms with Crippen LogP contribution in [0.4, 0.5) is 5.82 Å². The molecule has 1 aromatic heterocycles. The first kappa shape index (κ1) is 17.3. The number of nitrogens with two attached hydrogens (primary N) is 1. The van der Waals surface area contributed by atoms with Gasteiger partial charge in [-0.05, 0) is 40.5 Å². The van der Waals surface area contributed by atoms with Gasteiger partial charge in [0.25, 0.3) is 0 Å². The summed E-state index contributed by atoms with van der Waals surface area (Å²) >= 11 is 3.25. The first-order chi connectivity index (χ1) is 11.4. The molecule has 3 rings (SSSR count). The van der Waals surface area contributed by atoms with Crippen LogP contribution < -0.4 is 5.73 Å². The second kappa shape index (κ2) is 6.75. The molecule has 2 aromatic rings. The first-order valence-electron chi connectivity index (χ1n) is 7.36. The molecule has 1 saturated heterocycles.